The van der Waals surface area contributed by atoms with Crippen molar-refractivity contribution in [2.45, 2.75) is 31.8 Å². The summed E-state index contributed by atoms with van der Waals surface area (Å²) in [5.74, 6) is -1.08. The fourth-order valence-corrected chi connectivity index (χ4v) is 3.01. The van der Waals surface area contributed by atoms with Gasteiger partial charge in [0.05, 0.1) is 18.7 Å². The van der Waals surface area contributed by atoms with E-state index in [9.17, 15) is 14.7 Å². The first-order valence-corrected chi connectivity index (χ1v) is 7.27. The van der Waals surface area contributed by atoms with Crippen LogP contribution < -0.4 is 5.32 Å². The smallest absolute Gasteiger partial charge is 0.355 e. The maximum atomic E-state index is 12.1. The van der Waals surface area contributed by atoms with Gasteiger partial charge in [0.1, 0.15) is 5.01 Å². The normalized spacial score (nSPS) is 19.9. The molecule has 8 heteroatoms. The summed E-state index contributed by atoms with van der Waals surface area (Å²) in [7, 11) is 0. The lowest BCUT2D eigenvalue weighted by Crippen LogP contribution is -2.44. The first-order valence-electron chi connectivity index (χ1n) is 6.39. The number of aromatic carboxylic acids is 1. The summed E-state index contributed by atoms with van der Waals surface area (Å²) in [5.41, 5.74) is -0.0134. The summed E-state index contributed by atoms with van der Waals surface area (Å²) in [5, 5.41) is 22.8. The lowest BCUT2D eigenvalue weighted by molar-refractivity contribution is 0.0691. The van der Waals surface area contributed by atoms with Crippen molar-refractivity contribution in [3.63, 3.8) is 0 Å². The Morgan fingerprint density at radius 3 is 3.00 bits per heavy atom. The van der Waals surface area contributed by atoms with Gasteiger partial charge in [0.15, 0.2) is 5.69 Å². The van der Waals surface area contributed by atoms with Gasteiger partial charge in [-0.05, 0) is 19.8 Å². The molecule has 0 aliphatic carbocycles. The van der Waals surface area contributed by atoms with Crippen LogP contribution in [0.2, 0.25) is 0 Å². The number of aliphatic hydroxyl groups excluding tert-OH is 1. The van der Waals surface area contributed by atoms with E-state index in [1.807, 2.05) is 0 Å². The van der Waals surface area contributed by atoms with Gasteiger partial charge in [-0.15, -0.1) is 11.3 Å². The van der Waals surface area contributed by atoms with Crippen LogP contribution in [-0.4, -0.2) is 51.3 Å². The van der Waals surface area contributed by atoms with Crippen LogP contribution in [0.25, 0.3) is 0 Å². The molecule has 2 atom stereocenters. The minimum atomic E-state index is -1.08. The van der Waals surface area contributed by atoms with Gasteiger partial charge in [0.25, 0.3) is 0 Å². The first-order chi connectivity index (χ1) is 9.52. The number of hydrogen-bond acceptors (Lipinski definition) is 5. The maximum absolute atomic E-state index is 12.1. The van der Waals surface area contributed by atoms with Gasteiger partial charge >= 0.3 is 12.0 Å². The van der Waals surface area contributed by atoms with E-state index in [1.54, 1.807) is 11.8 Å². The highest BCUT2D eigenvalue weighted by atomic mass is 32.1. The van der Waals surface area contributed by atoms with Crippen molar-refractivity contribution < 1.29 is 19.8 Å². The largest absolute Gasteiger partial charge is 0.476 e. The molecular weight excluding hydrogens is 282 g/mol. The van der Waals surface area contributed by atoms with Crippen LogP contribution >= 0.6 is 11.3 Å². The van der Waals surface area contributed by atoms with Crippen molar-refractivity contribution in [1.82, 2.24) is 15.2 Å². The van der Waals surface area contributed by atoms with E-state index in [0.717, 1.165) is 12.8 Å². The molecule has 0 aromatic carbocycles. The summed E-state index contributed by atoms with van der Waals surface area (Å²) in [6, 6.07) is -0.741. The number of hydrogen-bond donors (Lipinski definition) is 3. The predicted octanol–water partition coefficient (Wildman–Crippen LogP) is 1.07. The zero-order chi connectivity index (χ0) is 14.7. The van der Waals surface area contributed by atoms with Crippen LogP contribution in [0, 0.1) is 0 Å². The fourth-order valence-electron chi connectivity index (χ4n) is 2.21. The lowest BCUT2D eigenvalue weighted by atomic mass is 10.2. The van der Waals surface area contributed by atoms with Crippen molar-refractivity contribution >= 4 is 23.3 Å². The second-order valence-electron chi connectivity index (χ2n) is 4.72. The highest BCUT2D eigenvalue weighted by molar-refractivity contribution is 7.09. The minimum absolute atomic E-state index is 0.0134. The molecule has 2 heterocycles. The van der Waals surface area contributed by atoms with E-state index < -0.39 is 5.97 Å². The Kier molecular flexibility index (Phi) is 4.56. The van der Waals surface area contributed by atoms with Crippen LogP contribution in [0.4, 0.5) is 4.79 Å². The van der Waals surface area contributed by atoms with E-state index in [4.69, 9.17) is 5.11 Å². The van der Waals surface area contributed by atoms with Crippen molar-refractivity contribution in [3.05, 3.63) is 16.1 Å². The number of carboxylic acid groups (broad SMARTS) is 1. The third-order valence-corrected chi connectivity index (χ3v) is 4.33. The lowest BCUT2D eigenvalue weighted by Gasteiger charge is -2.25. The number of carbonyl (C=O) groups excluding carboxylic acids is 1. The van der Waals surface area contributed by atoms with Crippen molar-refractivity contribution in [2.75, 3.05) is 13.2 Å². The van der Waals surface area contributed by atoms with Crippen molar-refractivity contribution in [3.8, 4) is 0 Å². The number of thiazole rings is 1. The molecule has 0 saturated carbocycles. The van der Waals surface area contributed by atoms with Gasteiger partial charge < -0.3 is 20.4 Å². The van der Waals surface area contributed by atoms with E-state index in [0.29, 0.717) is 11.6 Å². The Morgan fingerprint density at radius 2 is 2.40 bits per heavy atom. The Morgan fingerprint density at radius 1 is 1.65 bits per heavy atom. The van der Waals surface area contributed by atoms with E-state index in [1.165, 1.54) is 16.7 Å². The van der Waals surface area contributed by atoms with E-state index in [2.05, 4.69) is 10.3 Å². The molecule has 1 aromatic rings. The number of carbonyl (C=O) groups is 2. The number of aliphatic hydroxyl groups is 1. The zero-order valence-corrected chi connectivity index (χ0v) is 11.9. The number of urea groups is 1. The Hall–Kier alpha value is -1.67. The van der Waals surface area contributed by atoms with E-state index in [-0.39, 0.29) is 30.4 Å². The second-order valence-corrected chi connectivity index (χ2v) is 5.61. The SMILES string of the molecule is CC(NC(=O)N1CCCC1CO)c1nc(C(=O)O)cs1. The molecule has 0 radical (unpaired) electrons. The zero-order valence-electron chi connectivity index (χ0n) is 11.1. The monoisotopic (exact) mass is 299 g/mol. The summed E-state index contributed by atoms with van der Waals surface area (Å²) in [4.78, 5) is 28.5. The number of carboxylic acids is 1. The Bertz CT molecular complexity index is 505. The van der Waals surface area contributed by atoms with Gasteiger partial charge in [0.2, 0.25) is 0 Å². The molecule has 0 bridgehead atoms. The summed E-state index contributed by atoms with van der Waals surface area (Å²) < 4.78 is 0. The fraction of sp³-hybridized carbons (Fsp3) is 0.583. The molecule has 1 aromatic heterocycles. The third-order valence-electron chi connectivity index (χ3n) is 3.30. The molecule has 0 spiro atoms. The number of amides is 2. The Balaban J connectivity index is 1.98. The Labute approximate surface area is 120 Å². The van der Waals surface area contributed by atoms with Crippen LogP contribution in [0.1, 0.15) is 41.3 Å². The van der Waals surface area contributed by atoms with Crippen molar-refractivity contribution in [2.24, 2.45) is 0 Å². The number of rotatable bonds is 4. The molecule has 1 saturated heterocycles. The average Bonchev–Trinajstić information content (AvgIpc) is 3.07. The summed E-state index contributed by atoms with van der Waals surface area (Å²) in [6.07, 6.45) is 1.69. The number of nitrogens with one attached hydrogen (secondary N) is 1. The molecule has 2 unspecified atom stereocenters. The molecule has 1 fully saturated rings. The predicted molar refractivity (Wildman–Crippen MR) is 72.8 cm³/mol. The van der Waals surface area contributed by atoms with E-state index >= 15 is 0 Å². The van der Waals surface area contributed by atoms with Gasteiger partial charge in [-0.1, -0.05) is 0 Å². The molecular formula is C12H17N3O4S. The van der Waals surface area contributed by atoms with Crippen LogP contribution in [0.3, 0.4) is 0 Å². The molecule has 1 aliphatic heterocycles. The average molecular weight is 299 g/mol. The number of likely N-dealkylation sites (tertiary alicyclic amines) is 1. The number of aromatic nitrogens is 1. The second kappa shape index (κ2) is 6.19. The topological polar surface area (TPSA) is 103 Å². The maximum Gasteiger partial charge on any atom is 0.355 e. The van der Waals surface area contributed by atoms with Crippen LogP contribution in [0.5, 0.6) is 0 Å². The quantitative estimate of drug-likeness (QED) is 0.771. The van der Waals surface area contributed by atoms with Crippen LogP contribution in [-0.2, 0) is 0 Å². The minimum Gasteiger partial charge on any atom is -0.476 e. The molecule has 2 amide bonds. The molecule has 110 valence electrons. The summed E-state index contributed by atoms with van der Waals surface area (Å²) >= 11 is 1.20. The van der Waals surface area contributed by atoms with Gasteiger partial charge in [0, 0.05) is 11.9 Å². The third kappa shape index (κ3) is 3.07. The van der Waals surface area contributed by atoms with Gasteiger partial charge in [-0.2, -0.15) is 0 Å². The molecule has 3 N–H and O–H groups in total. The summed E-state index contributed by atoms with van der Waals surface area (Å²) in [6.45, 7) is 2.34. The van der Waals surface area contributed by atoms with Gasteiger partial charge in [-0.25, -0.2) is 14.6 Å². The first kappa shape index (κ1) is 14.7. The molecule has 1 aliphatic rings. The highest BCUT2D eigenvalue weighted by Gasteiger charge is 2.29. The van der Waals surface area contributed by atoms with Crippen LogP contribution in [0.15, 0.2) is 5.38 Å². The number of nitrogens with zero attached hydrogens (tertiary/aromatic N) is 2. The molecule has 20 heavy (non-hydrogen) atoms. The molecule has 7 nitrogen and oxygen atoms in total. The standard InChI is InChI=1S/C12H17N3O4S/c1-7(10-14-9(6-20-10)11(17)18)13-12(19)15-4-2-3-8(15)5-16/h6-8,16H,2-5H2,1H3,(H,13,19)(H,17,18). The highest BCUT2D eigenvalue weighted by Crippen LogP contribution is 2.21. The van der Waals surface area contributed by atoms with Crippen molar-refractivity contribution in [1.29, 1.82) is 0 Å². The molecule has 2 rings (SSSR count). The van der Waals surface area contributed by atoms with Gasteiger partial charge in [-0.3, -0.25) is 0 Å².